The van der Waals surface area contributed by atoms with Crippen LogP contribution < -0.4 is 0 Å². The molecule has 0 unspecified atom stereocenters. The minimum absolute atomic E-state index is 0.125. The van der Waals surface area contributed by atoms with Crippen LogP contribution in [-0.4, -0.2) is 11.1 Å². The predicted octanol–water partition coefficient (Wildman–Crippen LogP) is 3.47. The van der Waals surface area contributed by atoms with Gasteiger partial charge in [-0.3, -0.25) is 0 Å². The molecule has 0 aliphatic rings. The van der Waals surface area contributed by atoms with E-state index in [1.165, 1.54) is 0 Å². The zero-order chi connectivity index (χ0) is 13.3. The number of rotatable bonds is 2. The van der Waals surface area contributed by atoms with Crippen molar-refractivity contribution in [3.8, 4) is 11.1 Å². The normalized spacial score (nSPS) is 10.4. The Bertz CT molecular complexity index is 624. The van der Waals surface area contributed by atoms with E-state index in [2.05, 4.69) is 0 Å². The van der Waals surface area contributed by atoms with Gasteiger partial charge in [0, 0.05) is 17.2 Å². The average molecular weight is 252 g/mol. The second-order valence-electron chi connectivity index (χ2n) is 3.62. The lowest BCUT2D eigenvalue weighted by Gasteiger charge is -2.07. The topological polar surface area (TPSA) is 37.3 Å². The summed E-state index contributed by atoms with van der Waals surface area (Å²) in [6.45, 7) is 0. The number of carboxylic acids is 1. The first-order chi connectivity index (χ1) is 8.49. The van der Waals surface area contributed by atoms with Crippen LogP contribution in [0.4, 0.5) is 13.2 Å². The Morgan fingerprint density at radius 1 is 0.889 bits per heavy atom. The van der Waals surface area contributed by atoms with E-state index in [9.17, 15) is 18.0 Å². The van der Waals surface area contributed by atoms with E-state index in [0.717, 1.165) is 30.3 Å². The first kappa shape index (κ1) is 12.2. The quantitative estimate of drug-likeness (QED) is 0.888. The fourth-order valence-corrected chi connectivity index (χ4v) is 1.63. The van der Waals surface area contributed by atoms with Gasteiger partial charge in [0.25, 0.3) is 0 Å². The van der Waals surface area contributed by atoms with Crippen molar-refractivity contribution in [1.82, 2.24) is 0 Å². The summed E-state index contributed by atoms with van der Waals surface area (Å²) in [5, 5.41) is 8.94. The lowest BCUT2D eigenvalue weighted by atomic mass is 9.99. The lowest BCUT2D eigenvalue weighted by Crippen LogP contribution is -2.01. The number of halogens is 3. The molecule has 0 aromatic heterocycles. The van der Waals surface area contributed by atoms with Gasteiger partial charge in [-0.15, -0.1) is 0 Å². The molecule has 0 bridgehead atoms. The maximum atomic E-state index is 13.6. The zero-order valence-electron chi connectivity index (χ0n) is 8.95. The van der Waals surface area contributed by atoms with Gasteiger partial charge in [-0.25, -0.2) is 18.0 Å². The molecule has 2 aromatic carbocycles. The Morgan fingerprint density at radius 2 is 1.50 bits per heavy atom. The van der Waals surface area contributed by atoms with Crippen LogP contribution in [0.15, 0.2) is 36.4 Å². The smallest absolute Gasteiger partial charge is 0.336 e. The molecule has 0 aliphatic carbocycles. The largest absolute Gasteiger partial charge is 0.478 e. The molecule has 5 heteroatoms. The molecule has 0 radical (unpaired) electrons. The molecule has 2 aromatic rings. The third-order valence-electron chi connectivity index (χ3n) is 2.43. The summed E-state index contributed by atoms with van der Waals surface area (Å²) in [7, 11) is 0. The van der Waals surface area contributed by atoms with Crippen molar-refractivity contribution in [2.24, 2.45) is 0 Å². The fraction of sp³-hybridized carbons (Fsp3) is 0. The SMILES string of the molecule is O=C(O)c1ccc(F)cc1-c1ccc(F)cc1F. The molecule has 0 amide bonds. The fourth-order valence-electron chi connectivity index (χ4n) is 1.63. The van der Waals surface area contributed by atoms with E-state index in [4.69, 9.17) is 5.11 Å². The van der Waals surface area contributed by atoms with Gasteiger partial charge in [-0.1, -0.05) is 0 Å². The monoisotopic (exact) mass is 252 g/mol. The Kier molecular flexibility index (Phi) is 3.06. The van der Waals surface area contributed by atoms with Gasteiger partial charge in [0.2, 0.25) is 0 Å². The molecule has 0 atom stereocenters. The van der Waals surface area contributed by atoms with E-state index >= 15 is 0 Å². The predicted molar refractivity (Wildman–Crippen MR) is 58.7 cm³/mol. The van der Waals surface area contributed by atoms with Crippen molar-refractivity contribution in [3.63, 3.8) is 0 Å². The van der Waals surface area contributed by atoms with Crippen LogP contribution in [0.3, 0.4) is 0 Å². The number of carbonyl (C=O) groups is 1. The molecule has 1 N–H and O–H groups in total. The maximum Gasteiger partial charge on any atom is 0.336 e. The molecule has 18 heavy (non-hydrogen) atoms. The molecule has 2 rings (SSSR count). The van der Waals surface area contributed by atoms with Crippen molar-refractivity contribution in [1.29, 1.82) is 0 Å². The third-order valence-corrected chi connectivity index (χ3v) is 2.43. The highest BCUT2D eigenvalue weighted by Gasteiger charge is 2.16. The standard InChI is InChI=1S/C13H7F3O2/c14-7-2-4-10(13(17)18)11(5-7)9-3-1-8(15)6-12(9)16/h1-6H,(H,17,18). The number of hydrogen-bond acceptors (Lipinski definition) is 1. The summed E-state index contributed by atoms with van der Waals surface area (Å²) >= 11 is 0. The first-order valence-corrected chi connectivity index (χ1v) is 4.97. The van der Waals surface area contributed by atoms with E-state index in [1.54, 1.807) is 0 Å². The molecule has 2 nitrogen and oxygen atoms in total. The minimum Gasteiger partial charge on any atom is -0.478 e. The molecule has 0 heterocycles. The molecule has 0 aliphatic heterocycles. The second kappa shape index (κ2) is 4.52. The van der Waals surface area contributed by atoms with E-state index in [-0.39, 0.29) is 16.7 Å². The summed E-state index contributed by atoms with van der Waals surface area (Å²) in [6.07, 6.45) is 0. The number of carboxylic acid groups (broad SMARTS) is 1. The highest BCUT2D eigenvalue weighted by molar-refractivity contribution is 5.96. The molecular formula is C13H7F3O2. The Morgan fingerprint density at radius 3 is 2.11 bits per heavy atom. The van der Waals surface area contributed by atoms with Gasteiger partial charge in [-0.2, -0.15) is 0 Å². The van der Waals surface area contributed by atoms with Crippen molar-refractivity contribution < 1.29 is 23.1 Å². The molecule has 0 spiro atoms. The highest BCUT2D eigenvalue weighted by Crippen LogP contribution is 2.27. The van der Waals surface area contributed by atoms with Crippen molar-refractivity contribution >= 4 is 5.97 Å². The Labute approximate surface area is 100 Å². The maximum absolute atomic E-state index is 13.6. The molecular weight excluding hydrogens is 245 g/mol. The summed E-state index contributed by atoms with van der Waals surface area (Å²) < 4.78 is 39.4. The zero-order valence-corrected chi connectivity index (χ0v) is 8.95. The number of hydrogen-bond donors (Lipinski definition) is 1. The molecule has 0 fully saturated rings. The molecule has 92 valence electrons. The summed E-state index contributed by atoms with van der Waals surface area (Å²) in [6, 6.07) is 5.58. The van der Waals surface area contributed by atoms with Crippen LogP contribution in [0.25, 0.3) is 11.1 Å². The van der Waals surface area contributed by atoms with Crippen LogP contribution in [-0.2, 0) is 0 Å². The Balaban J connectivity index is 2.69. The van der Waals surface area contributed by atoms with Gasteiger partial charge in [0.1, 0.15) is 17.5 Å². The van der Waals surface area contributed by atoms with Crippen LogP contribution in [0.2, 0.25) is 0 Å². The average Bonchev–Trinajstić information content (AvgIpc) is 2.28. The number of aromatic carboxylic acids is 1. The molecule has 0 saturated heterocycles. The van der Waals surface area contributed by atoms with Crippen LogP contribution in [0, 0.1) is 17.5 Å². The van der Waals surface area contributed by atoms with E-state index < -0.39 is 23.4 Å². The van der Waals surface area contributed by atoms with E-state index in [1.807, 2.05) is 0 Å². The number of benzene rings is 2. The second-order valence-corrected chi connectivity index (χ2v) is 3.62. The van der Waals surface area contributed by atoms with Crippen LogP contribution >= 0.6 is 0 Å². The Hall–Kier alpha value is -2.30. The lowest BCUT2D eigenvalue weighted by molar-refractivity contribution is 0.0697. The van der Waals surface area contributed by atoms with Crippen molar-refractivity contribution in [2.45, 2.75) is 0 Å². The van der Waals surface area contributed by atoms with Crippen molar-refractivity contribution in [2.75, 3.05) is 0 Å². The minimum atomic E-state index is -1.31. The van der Waals surface area contributed by atoms with Crippen LogP contribution in [0.1, 0.15) is 10.4 Å². The molecule has 0 saturated carbocycles. The third kappa shape index (κ3) is 2.20. The summed E-state index contributed by atoms with van der Waals surface area (Å²) in [5.41, 5.74) is -0.532. The van der Waals surface area contributed by atoms with Gasteiger partial charge in [-0.05, 0) is 30.3 Å². The van der Waals surface area contributed by atoms with Crippen LogP contribution in [0.5, 0.6) is 0 Å². The van der Waals surface area contributed by atoms with Gasteiger partial charge in [0.15, 0.2) is 0 Å². The summed E-state index contributed by atoms with van der Waals surface area (Å²) in [4.78, 5) is 11.0. The highest BCUT2D eigenvalue weighted by atomic mass is 19.1. The summed E-state index contributed by atoms with van der Waals surface area (Å²) in [5.74, 6) is -3.74. The van der Waals surface area contributed by atoms with Gasteiger partial charge >= 0.3 is 5.97 Å². The van der Waals surface area contributed by atoms with Crippen molar-refractivity contribution in [3.05, 3.63) is 59.4 Å². The van der Waals surface area contributed by atoms with Gasteiger partial charge < -0.3 is 5.11 Å². The van der Waals surface area contributed by atoms with E-state index in [0.29, 0.717) is 6.07 Å². The first-order valence-electron chi connectivity index (χ1n) is 4.97. The van der Waals surface area contributed by atoms with Gasteiger partial charge in [0.05, 0.1) is 5.56 Å².